The molecule has 0 unspecified atom stereocenters. The second kappa shape index (κ2) is 8.59. The van der Waals surface area contributed by atoms with E-state index in [1.165, 1.54) is 5.56 Å². The number of aromatic nitrogens is 1. The number of thioether (sulfide) groups is 1. The maximum absolute atomic E-state index is 5.93. The Bertz CT molecular complexity index is 483. The Morgan fingerprint density at radius 3 is 2.42 bits per heavy atom. The molecule has 2 aromatic rings. The zero-order valence-corrected chi connectivity index (χ0v) is 12.7. The second-order valence-corrected chi connectivity index (χ2v) is 4.88. The minimum atomic E-state index is 0.797. The topological polar surface area (TPSA) is 38.9 Å². The van der Waals surface area contributed by atoms with Crippen LogP contribution in [0.25, 0.3) is 0 Å². The highest BCUT2D eigenvalue weighted by Gasteiger charge is 2.01. The summed E-state index contributed by atoms with van der Waals surface area (Å²) in [5.74, 6) is 0.952. The quantitative estimate of drug-likeness (QED) is 0.832. The number of aryl methyl sites for hydroxylation is 1. The highest BCUT2D eigenvalue weighted by atomic mass is 32.2. The van der Waals surface area contributed by atoms with E-state index in [1.807, 2.05) is 32.2 Å². The Morgan fingerprint density at radius 2 is 1.84 bits per heavy atom. The van der Waals surface area contributed by atoms with Crippen LogP contribution in [0, 0.1) is 0 Å². The van der Waals surface area contributed by atoms with E-state index in [-0.39, 0.29) is 0 Å². The molecule has 3 heteroatoms. The Hall–Kier alpha value is -1.48. The second-order valence-electron chi connectivity index (χ2n) is 3.83. The van der Waals surface area contributed by atoms with Crippen molar-refractivity contribution in [3.05, 3.63) is 53.9 Å². The summed E-state index contributed by atoms with van der Waals surface area (Å²) in [7, 11) is 0. The molecule has 0 amide bonds. The predicted molar refractivity (Wildman–Crippen MR) is 85.4 cm³/mol. The van der Waals surface area contributed by atoms with Crippen molar-refractivity contribution in [2.24, 2.45) is 0 Å². The molecule has 0 aliphatic carbocycles. The van der Waals surface area contributed by atoms with Crippen LogP contribution in [0.2, 0.25) is 0 Å². The zero-order chi connectivity index (χ0) is 14.1. The summed E-state index contributed by atoms with van der Waals surface area (Å²) in [6, 6.07) is 12.4. The lowest BCUT2D eigenvalue weighted by Gasteiger charge is -2.05. The van der Waals surface area contributed by atoms with Crippen molar-refractivity contribution < 1.29 is 0 Å². The molecule has 0 spiro atoms. The van der Waals surface area contributed by atoms with E-state index in [1.54, 1.807) is 11.8 Å². The third-order valence-corrected chi connectivity index (χ3v) is 3.60. The standard InChI is InChI=1S/C14H16N2S.C2H6/c1-2-14-13(15)8-12(9-16-14)17-10-11-6-4-3-5-7-11;1-2/h3-9H,2,10,15H2,1H3;1-2H3. The number of benzene rings is 1. The molecule has 2 N–H and O–H groups in total. The van der Waals surface area contributed by atoms with Crippen molar-refractivity contribution in [2.75, 3.05) is 5.73 Å². The molecule has 0 aliphatic heterocycles. The summed E-state index contributed by atoms with van der Waals surface area (Å²) in [4.78, 5) is 5.49. The first-order chi connectivity index (χ1) is 9.29. The largest absolute Gasteiger partial charge is 0.397 e. The van der Waals surface area contributed by atoms with Gasteiger partial charge in [-0.3, -0.25) is 4.98 Å². The van der Waals surface area contributed by atoms with Gasteiger partial charge in [-0.05, 0) is 18.1 Å². The SMILES string of the molecule is CC.CCc1ncc(SCc2ccccc2)cc1N. The van der Waals surface area contributed by atoms with Crippen LogP contribution >= 0.6 is 11.8 Å². The molecule has 0 saturated carbocycles. The molecule has 1 heterocycles. The summed E-state index contributed by atoms with van der Waals surface area (Å²) in [6.07, 6.45) is 2.79. The third-order valence-electron chi connectivity index (χ3n) is 2.56. The molecule has 0 atom stereocenters. The van der Waals surface area contributed by atoms with Gasteiger partial charge in [0.1, 0.15) is 0 Å². The lowest BCUT2D eigenvalue weighted by Crippen LogP contribution is -1.96. The molecule has 19 heavy (non-hydrogen) atoms. The highest BCUT2D eigenvalue weighted by molar-refractivity contribution is 7.98. The fraction of sp³-hybridized carbons (Fsp3) is 0.312. The van der Waals surface area contributed by atoms with Crippen LogP contribution in [-0.4, -0.2) is 4.98 Å². The van der Waals surface area contributed by atoms with Crippen LogP contribution in [0.5, 0.6) is 0 Å². The normalized spacial score (nSPS) is 9.63. The minimum Gasteiger partial charge on any atom is -0.397 e. The van der Waals surface area contributed by atoms with Crippen molar-refractivity contribution >= 4 is 17.4 Å². The van der Waals surface area contributed by atoms with Gasteiger partial charge >= 0.3 is 0 Å². The predicted octanol–water partition coefficient (Wildman–Crippen LogP) is 4.54. The molecule has 0 aliphatic rings. The van der Waals surface area contributed by atoms with E-state index in [0.717, 1.165) is 28.5 Å². The van der Waals surface area contributed by atoms with Crippen molar-refractivity contribution in [3.8, 4) is 0 Å². The molecule has 1 aromatic carbocycles. The number of nitrogen functional groups attached to an aromatic ring is 1. The van der Waals surface area contributed by atoms with Gasteiger partial charge in [0.15, 0.2) is 0 Å². The van der Waals surface area contributed by atoms with Gasteiger partial charge in [0, 0.05) is 16.8 Å². The first-order valence-electron chi connectivity index (χ1n) is 6.70. The average molecular weight is 274 g/mol. The minimum absolute atomic E-state index is 0.797. The number of pyridine rings is 1. The zero-order valence-electron chi connectivity index (χ0n) is 11.9. The van der Waals surface area contributed by atoms with E-state index in [9.17, 15) is 0 Å². The van der Waals surface area contributed by atoms with E-state index < -0.39 is 0 Å². The summed E-state index contributed by atoms with van der Waals surface area (Å²) in [6.45, 7) is 6.06. The molecule has 0 fully saturated rings. The van der Waals surface area contributed by atoms with E-state index in [0.29, 0.717) is 0 Å². The van der Waals surface area contributed by atoms with Crippen LogP contribution in [0.1, 0.15) is 32.0 Å². The first kappa shape index (κ1) is 15.6. The van der Waals surface area contributed by atoms with Gasteiger partial charge in [-0.25, -0.2) is 0 Å². The maximum Gasteiger partial charge on any atom is 0.0630 e. The van der Waals surface area contributed by atoms with E-state index in [2.05, 4.69) is 36.2 Å². The molecule has 0 radical (unpaired) electrons. The smallest absolute Gasteiger partial charge is 0.0630 e. The van der Waals surface area contributed by atoms with Gasteiger partial charge in [-0.1, -0.05) is 51.1 Å². The molecular weight excluding hydrogens is 252 g/mol. The van der Waals surface area contributed by atoms with Gasteiger partial charge in [0.25, 0.3) is 0 Å². The molecule has 102 valence electrons. The average Bonchev–Trinajstić information content (AvgIpc) is 2.48. The lowest BCUT2D eigenvalue weighted by atomic mass is 10.2. The van der Waals surface area contributed by atoms with Crippen molar-refractivity contribution in [2.45, 2.75) is 37.8 Å². The number of hydrogen-bond donors (Lipinski definition) is 1. The summed E-state index contributed by atoms with van der Waals surface area (Å²) >= 11 is 1.76. The summed E-state index contributed by atoms with van der Waals surface area (Å²) in [5.41, 5.74) is 9.02. The van der Waals surface area contributed by atoms with E-state index >= 15 is 0 Å². The fourth-order valence-electron chi connectivity index (χ4n) is 1.61. The number of hydrogen-bond acceptors (Lipinski definition) is 3. The van der Waals surface area contributed by atoms with Crippen LogP contribution in [-0.2, 0) is 12.2 Å². The highest BCUT2D eigenvalue weighted by Crippen LogP contribution is 2.24. The van der Waals surface area contributed by atoms with Gasteiger partial charge < -0.3 is 5.73 Å². The Balaban J connectivity index is 0.000000861. The lowest BCUT2D eigenvalue weighted by molar-refractivity contribution is 1.02. The Morgan fingerprint density at radius 1 is 1.16 bits per heavy atom. The van der Waals surface area contributed by atoms with Gasteiger partial charge in [-0.2, -0.15) is 0 Å². The molecular formula is C16H22N2S. The molecule has 1 aromatic heterocycles. The number of rotatable bonds is 4. The Kier molecular flexibility index (Phi) is 7.04. The van der Waals surface area contributed by atoms with Crippen molar-refractivity contribution in [3.63, 3.8) is 0 Å². The maximum atomic E-state index is 5.93. The first-order valence-corrected chi connectivity index (χ1v) is 7.69. The van der Waals surface area contributed by atoms with Gasteiger partial charge in [-0.15, -0.1) is 11.8 Å². The summed E-state index contributed by atoms with van der Waals surface area (Å²) < 4.78 is 0. The Labute approximate surface area is 120 Å². The number of anilines is 1. The fourth-order valence-corrected chi connectivity index (χ4v) is 2.47. The monoisotopic (exact) mass is 274 g/mol. The van der Waals surface area contributed by atoms with Crippen LogP contribution in [0.15, 0.2) is 47.5 Å². The molecule has 2 nitrogen and oxygen atoms in total. The number of nitrogens with zero attached hydrogens (tertiary/aromatic N) is 1. The summed E-state index contributed by atoms with van der Waals surface area (Å²) in [5, 5.41) is 0. The molecule has 0 saturated heterocycles. The van der Waals surface area contributed by atoms with Crippen LogP contribution in [0.4, 0.5) is 5.69 Å². The van der Waals surface area contributed by atoms with Crippen LogP contribution < -0.4 is 5.73 Å². The molecule has 0 bridgehead atoms. The molecule has 2 rings (SSSR count). The van der Waals surface area contributed by atoms with Gasteiger partial charge in [0.2, 0.25) is 0 Å². The van der Waals surface area contributed by atoms with Crippen LogP contribution in [0.3, 0.4) is 0 Å². The van der Waals surface area contributed by atoms with Crippen molar-refractivity contribution in [1.29, 1.82) is 0 Å². The third kappa shape index (κ3) is 4.95. The van der Waals surface area contributed by atoms with E-state index in [4.69, 9.17) is 5.73 Å². The van der Waals surface area contributed by atoms with Gasteiger partial charge in [0.05, 0.1) is 11.4 Å². The number of nitrogens with two attached hydrogens (primary N) is 1. The van der Waals surface area contributed by atoms with Crippen molar-refractivity contribution in [1.82, 2.24) is 4.98 Å².